The van der Waals surface area contributed by atoms with Gasteiger partial charge in [-0.05, 0) is 12.1 Å². The third-order valence-electron chi connectivity index (χ3n) is 1.68. The van der Waals surface area contributed by atoms with Crippen molar-refractivity contribution in [2.75, 3.05) is 13.7 Å². The summed E-state index contributed by atoms with van der Waals surface area (Å²) in [6, 6.07) is 3.64. The lowest BCUT2D eigenvalue weighted by Crippen LogP contribution is -2.36. The van der Waals surface area contributed by atoms with Crippen LogP contribution in [0.4, 0.5) is 0 Å². The molecule has 1 aliphatic heterocycles. The summed E-state index contributed by atoms with van der Waals surface area (Å²) in [5.74, 6) is 0. The standard InChI is InChI=1S/C8H8ClN3/c1-12-4-7-6(10-5-12)2-3-8(9)11-7/h2-4H,5H2,1H3. The van der Waals surface area contributed by atoms with E-state index in [0.717, 1.165) is 10.7 Å². The van der Waals surface area contributed by atoms with Crippen molar-refractivity contribution in [2.24, 2.45) is 4.99 Å². The van der Waals surface area contributed by atoms with Gasteiger partial charge in [-0.15, -0.1) is 0 Å². The number of rotatable bonds is 0. The SMILES string of the molecule is CN1C=c2nc(Cl)ccc2=NC1. The van der Waals surface area contributed by atoms with E-state index in [1.54, 1.807) is 6.07 Å². The van der Waals surface area contributed by atoms with Gasteiger partial charge in [-0.1, -0.05) is 11.6 Å². The Labute approximate surface area is 75.0 Å². The second-order valence-corrected chi connectivity index (χ2v) is 3.11. The van der Waals surface area contributed by atoms with Crippen molar-refractivity contribution in [1.82, 2.24) is 9.88 Å². The molecule has 0 amide bonds. The Bertz CT molecular complexity index is 413. The van der Waals surface area contributed by atoms with Crippen molar-refractivity contribution in [3.8, 4) is 0 Å². The van der Waals surface area contributed by atoms with E-state index in [1.165, 1.54) is 0 Å². The van der Waals surface area contributed by atoms with Crippen molar-refractivity contribution < 1.29 is 0 Å². The number of pyridine rings is 1. The first-order chi connectivity index (χ1) is 5.75. The van der Waals surface area contributed by atoms with E-state index in [0.29, 0.717) is 11.8 Å². The topological polar surface area (TPSA) is 28.5 Å². The summed E-state index contributed by atoms with van der Waals surface area (Å²) in [7, 11) is 1.95. The van der Waals surface area contributed by atoms with Crippen LogP contribution in [0.1, 0.15) is 0 Å². The Morgan fingerprint density at radius 3 is 3.17 bits per heavy atom. The van der Waals surface area contributed by atoms with Crippen LogP contribution in [-0.2, 0) is 0 Å². The van der Waals surface area contributed by atoms with E-state index in [-0.39, 0.29) is 0 Å². The Hall–Kier alpha value is -1.09. The number of aromatic nitrogens is 1. The Balaban J connectivity index is 2.72. The predicted molar refractivity (Wildman–Crippen MR) is 47.1 cm³/mol. The molecule has 0 aromatic carbocycles. The van der Waals surface area contributed by atoms with Crippen molar-refractivity contribution in [1.29, 1.82) is 0 Å². The molecule has 0 saturated heterocycles. The minimum absolute atomic E-state index is 0.510. The van der Waals surface area contributed by atoms with Crippen molar-refractivity contribution in [3.63, 3.8) is 0 Å². The normalized spacial score (nSPS) is 14.7. The molecule has 0 saturated carbocycles. The van der Waals surface area contributed by atoms with E-state index in [1.807, 2.05) is 24.2 Å². The molecule has 0 N–H and O–H groups in total. The summed E-state index contributed by atoms with van der Waals surface area (Å²) in [5, 5.41) is 2.27. The van der Waals surface area contributed by atoms with Gasteiger partial charge < -0.3 is 4.90 Å². The van der Waals surface area contributed by atoms with E-state index >= 15 is 0 Å². The second-order valence-electron chi connectivity index (χ2n) is 2.72. The van der Waals surface area contributed by atoms with Crippen molar-refractivity contribution >= 4 is 17.8 Å². The first-order valence-electron chi connectivity index (χ1n) is 3.65. The molecule has 0 radical (unpaired) electrons. The van der Waals surface area contributed by atoms with E-state index in [2.05, 4.69) is 9.98 Å². The molecule has 62 valence electrons. The molecule has 0 aliphatic carbocycles. The lowest BCUT2D eigenvalue weighted by molar-refractivity contribution is 0.496. The Kier molecular flexibility index (Phi) is 1.73. The van der Waals surface area contributed by atoms with Gasteiger partial charge in [0.1, 0.15) is 17.2 Å². The van der Waals surface area contributed by atoms with Crippen molar-refractivity contribution in [3.05, 3.63) is 28.0 Å². The zero-order chi connectivity index (χ0) is 8.55. The van der Waals surface area contributed by atoms with Crippen LogP contribution in [0.5, 0.6) is 0 Å². The average Bonchev–Trinajstić information content (AvgIpc) is 2.03. The Morgan fingerprint density at radius 2 is 2.33 bits per heavy atom. The summed E-state index contributed by atoms with van der Waals surface area (Å²) < 4.78 is 0. The lowest BCUT2D eigenvalue weighted by atomic mass is 10.4. The van der Waals surface area contributed by atoms with Crippen molar-refractivity contribution in [2.45, 2.75) is 0 Å². The van der Waals surface area contributed by atoms with Crippen LogP contribution in [0, 0.1) is 0 Å². The quantitative estimate of drug-likeness (QED) is 0.527. The van der Waals surface area contributed by atoms with Gasteiger partial charge in [-0.25, -0.2) is 4.98 Å². The van der Waals surface area contributed by atoms with Gasteiger partial charge in [0.25, 0.3) is 0 Å². The van der Waals surface area contributed by atoms with Crippen LogP contribution in [0.2, 0.25) is 5.15 Å². The molecule has 2 rings (SSSR count). The first-order valence-corrected chi connectivity index (χ1v) is 4.02. The highest BCUT2D eigenvalue weighted by Gasteiger charge is 1.99. The highest BCUT2D eigenvalue weighted by atomic mass is 35.5. The highest BCUT2D eigenvalue weighted by Crippen LogP contribution is 1.96. The predicted octanol–water partition coefficient (Wildman–Crippen LogP) is -0.00450. The average molecular weight is 182 g/mol. The molecule has 1 aromatic heterocycles. The first kappa shape index (κ1) is 7.55. The maximum atomic E-state index is 5.73. The smallest absolute Gasteiger partial charge is 0.129 e. The van der Waals surface area contributed by atoms with E-state index in [9.17, 15) is 0 Å². The molecule has 0 bridgehead atoms. The largest absolute Gasteiger partial charge is 0.359 e. The fraction of sp³-hybridized carbons (Fsp3) is 0.250. The number of hydrogen-bond donors (Lipinski definition) is 0. The Morgan fingerprint density at radius 1 is 1.50 bits per heavy atom. The van der Waals surface area contributed by atoms with Gasteiger partial charge in [-0.3, -0.25) is 4.99 Å². The highest BCUT2D eigenvalue weighted by molar-refractivity contribution is 6.29. The van der Waals surface area contributed by atoms with Crippen LogP contribution in [0.3, 0.4) is 0 Å². The maximum absolute atomic E-state index is 5.73. The second kappa shape index (κ2) is 2.75. The fourth-order valence-electron chi connectivity index (χ4n) is 1.11. The lowest BCUT2D eigenvalue weighted by Gasteiger charge is -2.12. The van der Waals surface area contributed by atoms with E-state index in [4.69, 9.17) is 11.6 Å². The van der Waals surface area contributed by atoms with Crippen LogP contribution in [0.15, 0.2) is 17.1 Å². The molecule has 0 atom stereocenters. The summed E-state index contributed by atoms with van der Waals surface area (Å²) in [6.45, 7) is 0.691. The third kappa shape index (κ3) is 1.28. The van der Waals surface area contributed by atoms with Crippen LogP contribution in [-0.4, -0.2) is 23.6 Å². The number of nitrogens with zero attached hydrogens (tertiary/aromatic N) is 3. The summed E-state index contributed by atoms with van der Waals surface area (Å²) in [4.78, 5) is 10.4. The summed E-state index contributed by atoms with van der Waals surface area (Å²) in [6.07, 6.45) is 1.94. The molecule has 1 aliphatic rings. The number of halogens is 1. The minimum atomic E-state index is 0.510. The third-order valence-corrected chi connectivity index (χ3v) is 1.89. The number of hydrogen-bond acceptors (Lipinski definition) is 3. The van der Waals surface area contributed by atoms with Crippen LogP contribution in [0.25, 0.3) is 6.20 Å². The molecule has 2 heterocycles. The van der Waals surface area contributed by atoms with Gasteiger partial charge in [0.05, 0.1) is 5.36 Å². The number of fused-ring (bicyclic) bond motifs is 1. The minimum Gasteiger partial charge on any atom is -0.359 e. The maximum Gasteiger partial charge on any atom is 0.129 e. The molecular weight excluding hydrogens is 174 g/mol. The molecule has 12 heavy (non-hydrogen) atoms. The van der Waals surface area contributed by atoms with Gasteiger partial charge in [-0.2, -0.15) is 0 Å². The summed E-state index contributed by atoms with van der Waals surface area (Å²) >= 11 is 5.73. The molecule has 1 aromatic rings. The zero-order valence-corrected chi connectivity index (χ0v) is 7.41. The van der Waals surface area contributed by atoms with Gasteiger partial charge in [0, 0.05) is 13.2 Å². The molecular formula is C8H8ClN3. The zero-order valence-electron chi connectivity index (χ0n) is 6.66. The van der Waals surface area contributed by atoms with Crippen LogP contribution >= 0.6 is 11.6 Å². The molecule has 4 heteroatoms. The van der Waals surface area contributed by atoms with Gasteiger partial charge >= 0.3 is 0 Å². The van der Waals surface area contributed by atoms with Gasteiger partial charge in [0.15, 0.2) is 0 Å². The molecule has 0 spiro atoms. The fourth-order valence-corrected chi connectivity index (χ4v) is 1.26. The van der Waals surface area contributed by atoms with Gasteiger partial charge in [0.2, 0.25) is 0 Å². The summed E-state index contributed by atoms with van der Waals surface area (Å²) in [5.41, 5.74) is 0. The van der Waals surface area contributed by atoms with Crippen LogP contribution < -0.4 is 10.7 Å². The molecule has 0 unspecified atom stereocenters. The monoisotopic (exact) mass is 181 g/mol. The molecule has 0 fully saturated rings. The molecule has 3 nitrogen and oxygen atoms in total. The van der Waals surface area contributed by atoms with E-state index < -0.39 is 0 Å².